The summed E-state index contributed by atoms with van der Waals surface area (Å²) in [6.45, 7) is 2.74. The molecule has 6 nitrogen and oxygen atoms in total. The zero-order valence-electron chi connectivity index (χ0n) is 14.9. The van der Waals surface area contributed by atoms with Crippen LogP contribution in [0.25, 0.3) is 0 Å². The molecule has 0 aromatic heterocycles. The second-order valence-corrected chi connectivity index (χ2v) is 7.37. The van der Waals surface area contributed by atoms with Crippen molar-refractivity contribution in [2.24, 2.45) is 5.92 Å². The molecule has 0 saturated carbocycles. The number of piperidine rings is 1. The van der Waals surface area contributed by atoms with E-state index in [0.717, 1.165) is 17.5 Å². The van der Waals surface area contributed by atoms with Gasteiger partial charge in [0.1, 0.15) is 0 Å². The van der Waals surface area contributed by atoms with Crippen molar-refractivity contribution in [3.8, 4) is 11.5 Å². The maximum Gasteiger partial charge on any atom is 0.410 e. The van der Waals surface area contributed by atoms with Crippen LogP contribution in [0.15, 0.2) is 24.3 Å². The van der Waals surface area contributed by atoms with Crippen molar-refractivity contribution in [1.29, 1.82) is 0 Å². The van der Waals surface area contributed by atoms with Gasteiger partial charge in [-0.1, -0.05) is 12.1 Å². The summed E-state index contributed by atoms with van der Waals surface area (Å²) >= 11 is 0. The number of benzene rings is 1. The molecule has 26 heavy (non-hydrogen) atoms. The fraction of sp³-hybridized carbons (Fsp3) is 0.500. The van der Waals surface area contributed by atoms with Crippen LogP contribution in [0.3, 0.4) is 0 Å². The average molecular weight is 355 g/mol. The van der Waals surface area contributed by atoms with Crippen molar-refractivity contribution in [3.63, 3.8) is 0 Å². The number of nitrogens with zero attached hydrogens (tertiary/aromatic N) is 1. The summed E-state index contributed by atoms with van der Waals surface area (Å²) < 4.78 is 17.0. The van der Waals surface area contributed by atoms with Crippen LogP contribution >= 0.6 is 0 Å². The Hall–Kier alpha value is -2.50. The number of likely N-dealkylation sites (tertiary alicyclic amines) is 1. The van der Waals surface area contributed by atoms with Gasteiger partial charge in [0, 0.05) is 24.1 Å². The van der Waals surface area contributed by atoms with E-state index in [1.807, 2.05) is 30.0 Å². The highest BCUT2D eigenvalue weighted by Gasteiger charge is 2.65. The van der Waals surface area contributed by atoms with Gasteiger partial charge in [-0.3, -0.25) is 4.79 Å². The van der Waals surface area contributed by atoms with Gasteiger partial charge < -0.3 is 19.1 Å². The van der Waals surface area contributed by atoms with Gasteiger partial charge in [-0.05, 0) is 37.5 Å². The van der Waals surface area contributed by atoms with E-state index in [0.29, 0.717) is 31.1 Å². The van der Waals surface area contributed by atoms with Crippen molar-refractivity contribution >= 4 is 11.9 Å². The van der Waals surface area contributed by atoms with E-state index < -0.39 is 11.5 Å². The van der Waals surface area contributed by atoms with Crippen molar-refractivity contribution in [3.05, 3.63) is 35.4 Å². The zero-order chi connectivity index (χ0) is 18.1. The number of ketones is 1. The summed E-state index contributed by atoms with van der Waals surface area (Å²) in [5.41, 5.74) is 1.85. The van der Waals surface area contributed by atoms with E-state index in [1.165, 1.54) is 0 Å². The third kappa shape index (κ3) is 1.72. The Morgan fingerprint density at radius 2 is 2.27 bits per heavy atom. The maximum atomic E-state index is 12.7. The Morgan fingerprint density at radius 1 is 1.42 bits per heavy atom. The average Bonchev–Trinajstić information content (AvgIpc) is 2.98. The van der Waals surface area contributed by atoms with Crippen LogP contribution in [-0.2, 0) is 21.4 Å². The maximum absolute atomic E-state index is 12.7. The highest BCUT2D eigenvalue weighted by atomic mass is 16.6. The number of hydrogen-bond donors (Lipinski definition) is 0. The van der Waals surface area contributed by atoms with Gasteiger partial charge in [0.25, 0.3) is 0 Å². The van der Waals surface area contributed by atoms with Gasteiger partial charge >= 0.3 is 6.09 Å². The molecule has 4 atom stereocenters. The lowest BCUT2D eigenvalue weighted by atomic mass is 9.53. The van der Waals surface area contributed by atoms with E-state index in [1.54, 1.807) is 13.2 Å². The molecular formula is C20H21NO5. The number of methoxy groups -OCH3 is 1. The fourth-order valence-electron chi connectivity index (χ4n) is 5.48. The molecule has 1 aromatic carbocycles. The number of hydrogen-bond acceptors (Lipinski definition) is 5. The van der Waals surface area contributed by atoms with E-state index in [4.69, 9.17) is 14.2 Å². The van der Waals surface area contributed by atoms with Crippen LogP contribution in [0.4, 0.5) is 4.79 Å². The number of ether oxygens (including phenoxy) is 3. The first-order valence-corrected chi connectivity index (χ1v) is 9.14. The van der Waals surface area contributed by atoms with E-state index in [9.17, 15) is 9.59 Å². The summed E-state index contributed by atoms with van der Waals surface area (Å²) in [6.07, 6.45) is 4.21. The molecule has 0 N–H and O–H groups in total. The van der Waals surface area contributed by atoms with Gasteiger partial charge in [0.05, 0.1) is 19.1 Å². The van der Waals surface area contributed by atoms with Crippen molar-refractivity contribution in [2.45, 2.75) is 37.3 Å². The molecule has 2 bridgehead atoms. The Morgan fingerprint density at radius 3 is 3.04 bits per heavy atom. The summed E-state index contributed by atoms with van der Waals surface area (Å²) in [5.74, 6) is 1.42. The lowest BCUT2D eigenvalue weighted by Crippen LogP contribution is -2.65. The standard InChI is InChI=1S/C20H21NO5/c1-3-25-19(23)21-9-8-20-12-5-6-14(22)18(20)26-17-15(24-2)7-4-11(16(17)20)10-13(12)21/h4-7,12-13,18H,3,8-10H2,1-2H3/t12-,13?,18-,20?/m0/s1. The topological polar surface area (TPSA) is 65.1 Å². The minimum Gasteiger partial charge on any atom is -0.493 e. The lowest BCUT2D eigenvalue weighted by Gasteiger charge is -2.55. The van der Waals surface area contributed by atoms with Crippen molar-refractivity contribution < 1.29 is 23.8 Å². The molecule has 1 aromatic rings. The monoisotopic (exact) mass is 355 g/mol. The van der Waals surface area contributed by atoms with E-state index in [-0.39, 0.29) is 23.8 Å². The first-order valence-electron chi connectivity index (χ1n) is 9.14. The summed E-state index contributed by atoms with van der Waals surface area (Å²) in [6, 6.07) is 3.92. The predicted octanol–water partition coefficient (Wildman–Crippen LogP) is 2.24. The second kappa shape index (κ2) is 5.25. The van der Waals surface area contributed by atoms with Gasteiger partial charge in [0.2, 0.25) is 0 Å². The van der Waals surface area contributed by atoms with Crippen LogP contribution in [0.1, 0.15) is 24.5 Å². The normalized spacial score (nSPS) is 32.8. The first kappa shape index (κ1) is 15.7. The number of rotatable bonds is 2. The van der Waals surface area contributed by atoms with Crippen molar-refractivity contribution in [1.82, 2.24) is 4.90 Å². The second-order valence-electron chi connectivity index (χ2n) is 7.37. The molecule has 1 spiro atoms. The van der Waals surface area contributed by atoms with E-state index >= 15 is 0 Å². The minimum atomic E-state index is -0.533. The van der Waals surface area contributed by atoms with Gasteiger partial charge in [-0.2, -0.15) is 0 Å². The van der Waals surface area contributed by atoms with E-state index in [2.05, 4.69) is 0 Å². The molecule has 6 heteroatoms. The number of carbonyl (C=O) groups excluding carboxylic acids is 2. The molecule has 2 heterocycles. The quantitative estimate of drug-likeness (QED) is 0.814. The highest BCUT2D eigenvalue weighted by molar-refractivity contribution is 5.98. The predicted molar refractivity (Wildman–Crippen MR) is 92.6 cm³/mol. The first-order chi connectivity index (χ1) is 12.6. The molecule has 0 radical (unpaired) electrons. The molecule has 5 rings (SSSR count). The Balaban J connectivity index is 1.70. The van der Waals surface area contributed by atoms with Gasteiger partial charge in [-0.15, -0.1) is 0 Å². The third-order valence-corrected chi connectivity index (χ3v) is 6.43. The summed E-state index contributed by atoms with van der Waals surface area (Å²) in [4.78, 5) is 27.0. The Bertz CT molecular complexity index is 847. The molecule has 2 aliphatic carbocycles. The van der Waals surface area contributed by atoms with Crippen LogP contribution in [0.2, 0.25) is 0 Å². The van der Waals surface area contributed by atoms with Crippen LogP contribution in [0.5, 0.6) is 11.5 Å². The molecule has 2 aliphatic heterocycles. The summed E-state index contributed by atoms with van der Waals surface area (Å²) in [5, 5.41) is 0. The SMILES string of the molecule is CCOC(=O)N1CCC23c4c5ccc(OC)c4O[C@H]2C(=O)C=C[C@H]3C1C5. The lowest BCUT2D eigenvalue weighted by molar-refractivity contribution is -0.127. The number of carbonyl (C=O) groups is 2. The van der Waals surface area contributed by atoms with Gasteiger partial charge in [0.15, 0.2) is 23.4 Å². The molecule has 1 amide bonds. The Labute approximate surface area is 151 Å². The highest BCUT2D eigenvalue weighted by Crippen LogP contribution is 2.62. The molecule has 136 valence electrons. The molecule has 2 unspecified atom stereocenters. The zero-order valence-corrected chi connectivity index (χ0v) is 14.9. The smallest absolute Gasteiger partial charge is 0.410 e. The molecule has 1 saturated heterocycles. The fourth-order valence-corrected chi connectivity index (χ4v) is 5.48. The minimum absolute atomic E-state index is 0.00399. The Kier molecular flexibility index (Phi) is 3.18. The number of amides is 1. The van der Waals surface area contributed by atoms with Crippen LogP contribution in [-0.4, -0.2) is 49.2 Å². The third-order valence-electron chi connectivity index (χ3n) is 6.43. The molecule has 4 aliphatic rings. The van der Waals surface area contributed by atoms with Crippen LogP contribution < -0.4 is 9.47 Å². The molecular weight excluding hydrogens is 334 g/mol. The summed E-state index contributed by atoms with van der Waals surface area (Å²) in [7, 11) is 1.62. The van der Waals surface area contributed by atoms with Crippen molar-refractivity contribution in [2.75, 3.05) is 20.3 Å². The largest absolute Gasteiger partial charge is 0.493 e. The van der Waals surface area contributed by atoms with Crippen LogP contribution in [0, 0.1) is 5.92 Å². The van der Waals surface area contributed by atoms with Gasteiger partial charge in [-0.25, -0.2) is 4.79 Å². The molecule has 1 fully saturated rings.